The van der Waals surface area contributed by atoms with Gasteiger partial charge in [0.05, 0.1) is 35.8 Å². The van der Waals surface area contributed by atoms with Crippen molar-refractivity contribution >= 4 is 22.6 Å². The first-order valence-electron chi connectivity index (χ1n) is 8.35. The summed E-state index contributed by atoms with van der Waals surface area (Å²) in [4.78, 5) is 16.8. The highest BCUT2D eigenvalue weighted by Gasteiger charge is 2.17. The average molecular weight is 340 g/mol. The van der Waals surface area contributed by atoms with Crippen molar-refractivity contribution in [3.63, 3.8) is 0 Å². The minimum absolute atomic E-state index is 0.212. The van der Waals surface area contributed by atoms with Crippen LogP contribution in [0.25, 0.3) is 11.0 Å². The van der Waals surface area contributed by atoms with E-state index in [4.69, 9.17) is 4.74 Å². The minimum Gasteiger partial charge on any atom is -0.376 e. The largest absolute Gasteiger partial charge is 0.376 e. The molecule has 3 aromatic rings. The summed E-state index contributed by atoms with van der Waals surface area (Å²) in [5, 5.41) is 12.4. The van der Waals surface area contributed by atoms with Gasteiger partial charge in [-0.15, -0.1) is 0 Å². The maximum Gasteiger partial charge on any atom is 0.257 e. The van der Waals surface area contributed by atoms with Crippen LogP contribution in [0.15, 0.2) is 24.7 Å². The Hall–Kier alpha value is -2.74. The molecule has 0 aliphatic carbocycles. The van der Waals surface area contributed by atoms with E-state index in [1.165, 1.54) is 0 Å². The summed E-state index contributed by atoms with van der Waals surface area (Å²) >= 11 is 0. The van der Waals surface area contributed by atoms with E-state index in [2.05, 4.69) is 20.5 Å². The summed E-state index contributed by atoms with van der Waals surface area (Å²) < 4.78 is 9.12. The van der Waals surface area contributed by atoms with Gasteiger partial charge in [-0.3, -0.25) is 14.2 Å². The molecule has 0 saturated carbocycles. The van der Waals surface area contributed by atoms with Crippen molar-refractivity contribution in [2.45, 2.75) is 32.4 Å². The van der Waals surface area contributed by atoms with Crippen LogP contribution in [0.1, 0.15) is 28.9 Å². The third kappa shape index (κ3) is 3.12. The van der Waals surface area contributed by atoms with Gasteiger partial charge in [-0.25, -0.2) is 4.98 Å². The number of carbonyl (C=O) groups is 1. The van der Waals surface area contributed by atoms with E-state index in [0.717, 1.165) is 36.2 Å². The summed E-state index contributed by atoms with van der Waals surface area (Å²) in [6.45, 7) is 3.43. The maximum atomic E-state index is 12.5. The Balaban J connectivity index is 1.48. The molecule has 1 aliphatic heterocycles. The van der Waals surface area contributed by atoms with E-state index in [1.54, 1.807) is 21.8 Å². The molecule has 0 aromatic carbocycles. The van der Waals surface area contributed by atoms with Crippen LogP contribution < -0.4 is 5.32 Å². The zero-order chi connectivity index (χ0) is 17.4. The number of hydrogen-bond donors (Lipinski definition) is 1. The molecule has 4 rings (SSSR count). The van der Waals surface area contributed by atoms with Gasteiger partial charge in [-0.05, 0) is 25.8 Å². The van der Waals surface area contributed by atoms with Crippen LogP contribution in [0.3, 0.4) is 0 Å². The molecule has 1 aliphatic rings. The molecule has 4 heterocycles. The zero-order valence-electron chi connectivity index (χ0n) is 14.3. The Morgan fingerprint density at radius 1 is 1.44 bits per heavy atom. The van der Waals surface area contributed by atoms with E-state index in [0.29, 0.717) is 17.8 Å². The van der Waals surface area contributed by atoms with E-state index in [1.807, 2.05) is 26.2 Å². The maximum absolute atomic E-state index is 12.5. The molecule has 130 valence electrons. The van der Waals surface area contributed by atoms with Gasteiger partial charge in [-0.1, -0.05) is 0 Å². The van der Waals surface area contributed by atoms with Gasteiger partial charge in [-0.2, -0.15) is 10.2 Å². The van der Waals surface area contributed by atoms with Crippen LogP contribution in [0.5, 0.6) is 0 Å². The Morgan fingerprint density at radius 2 is 2.32 bits per heavy atom. The molecule has 25 heavy (non-hydrogen) atoms. The lowest BCUT2D eigenvalue weighted by atomic mass is 10.2. The fourth-order valence-electron chi connectivity index (χ4n) is 3.16. The third-order valence-corrected chi connectivity index (χ3v) is 4.43. The summed E-state index contributed by atoms with van der Waals surface area (Å²) in [6, 6.07) is 1.82. The Morgan fingerprint density at radius 3 is 3.12 bits per heavy atom. The van der Waals surface area contributed by atoms with Gasteiger partial charge in [0.2, 0.25) is 0 Å². The SMILES string of the molecule is Cc1nn(C)c2ncc(C(=O)Nc3cnn(CC4CCCO4)c3)cc12. The van der Waals surface area contributed by atoms with Gasteiger partial charge in [0.15, 0.2) is 5.65 Å². The summed E-state index contributed by atoms with van der Waals surface area (Å²) in [6.07, 6.45) is 7.39. The molecule has 8 nitrogen and oxygen atoms in total. The van der Waals surface area contributed by atoms with Gasteiger partial charge in [0, 0.05) is 31.4 Å². The molecule has 0 spiro atoms. The number of aryl methyl sites for hydroxylation is 2. The first kappa shape index (κ1) is 15.8. The summed E-state index contributed by atoms with van der Waals surface area (Å²) in [5.74, 6) is -0.214. The predicted octanol–water partition coefficient (Wildman–Crippen LogP) is 1.90. The number of fused-ring (bicyclic) bond motifs is 1. The molecule has 1 unspecified atom stereocenters. The average Bonchev–Trinajstić information content (AvgIpc) is 3.31. The van der Waals surface area contributed by atoms with Crippen LogP contribution in [0, 0.1) is 6.92 Å². The monoisotopic (exact) mass is 340 g/mol. The number of anilines is 1. The zero-order valence-corrected chi connectivity index (χ0v) is 14.3. The van der Waals surface area contributed by atoms with Crippen LogP contribution in [-0.2, 0) is 18.3 Å². The second-order valence-electron chi connectivity index (χ2n) is 6.34. The number of nitrogens with one attached hydrogen (secondary N) is 1. The lowest BCUT2D eigenvalue weighted by Gasteiger charge is -2.08. The number of aromatic nitrogens is 5. The fraction of sp³-hybridized carbons (Fsp3) is 0.412. The number of rotatable bonds is 4. The molecule has 8 heteroatoms. The normalized spacial score (nSPS) is 17.3. The first-order chi connectivity index (χ1) is 12.1. The van der Waals surface area contributed by atoms with E-state index in [-0.39, 0.29) is 12.0 Å². The van der Waals surface area contributed by atoms with E-state index < -0.39 is 0 Å². The van der Waals surface area contributed by atoms with Crippen molar-refractivity contribution in [3.8, 4) is 0 Å². The van der Waals surface area contributed by atoms with Crippen molar-refractivity contribution in [1.29, 1.82) is 0 Å². The van der Waals surface area contributed by atoms with Gasteiger partial charge in [0.1, 0.15) is 0 Å². The van der Waals surface area contributed by atoms with E-state index >= 15 is 0 Å². The van der Waals surface area contributed by atoms with Gasteiger partial charge < -0.3 is 10.1 Å². The molecule has 3 aromatic heterocycles. The Kier molecular flexibility index (Phi) is 3.96. The highest BCUT2D eigenvalue weighted by atomic mass is 16.5. The Bertz CT molecular complexity index is 923. The predicted molar refractivity (Wildman–Crippen MR) is 92.4 cm³/mol. The second kappa shape index (κ2) is 6.29. The quantitative estimate of drug-likeness (QED) is 0.784. The molecule has 0 bridgehead atoms. The summed E-state index contributed by atoms with van der Waals surface area (Å²) in [5.41, 5.74) is 2.77. The van der Waals surface area contributed by atoms with Gasteiger partial charge in [0.25, 0.3) is 5.91 Å². The van der Waals surface area contributed by atoms with Crippen LogP contribution in [0.2, 0.25) is 0 Å². The number of amides is 1. The number of nitrogens with zero attached hydrogens (tertiary/aromatic N) is 5. The third-order valence-electron chi connectivity index (χ3n) is 4.43. The van der Waals surface area contributed by atoms with Crippen molar-refractivity contribution < 1.29 is 9.53 Å². The highest BCUT2D eigenvalue weighted by molar-refractivity contribution is 6.05. The molecular formula is C17H20N6O2. The summed E-state index contributed by atoms with van der Waals surface area (Å²) in [7, 11) is 1.84. The lowest BCUT2D eigenvalue weighted by molar-refractivity contribution is 0.0940. The van der Waals surface area contributed by atoms with Crippen LogP contribution in [0.4, 0.5) is 5.69 Å². The first-order valence-corrected chi connectivity index (χ1v) is 8.35. The standard InChI is InChI=1S/C17H20N6O2/c1-11-15-6-12(7-18-16(15)22(2)21-11)17(24)20-13-8-19-23(9-13)10-14-4-3-5-25-14/h6-9,14H,3-5,10H2,1-2H3,(H,20,24). The number of pyridine rings is 1. The second-order valence-corrected chi connectivity index (χ2v) is 6.34. The lowest BCUT2D eigenvalue weighted by Crippen LogP contribution is -2.15. The Labute approximate surface area is 144 Å². The van der Waals surface area contributed by atoms with Crippen LogP contribution >= 0.6 is 0 Å². The van der Waals surface area contributed by atoms with Crippen molar-refractivity contribution in [1.82, 2.24) is 24.5 Å². The van der Waals surface area contributed by atoms with Crippen molar-refractivity contribution in [2.75, 3.05) is 11.9 Å². The van der Waals surface area contributed by atoms with E-state index in [9.17, 15) is 4.79 Å². The molecule has 1 fully saturated rings. The van der Waals surface area contributed by atoms with Crippen LogP contribution in [-0.4, -0.2) is 43.2 Å². The van der Waals surface area contributed by atoms with Gasteiger partial charge >= 0.3 is 0 Å². The number of carbonyl (C=O) groups excluding carboxylic acids is 1. The molecular weight excluding hydrogens is 320 g/mol. The molecule has 0 radical (unpaired) electrons. The fourth-order valence-corrected chi connectivity index (χ4v) is 3.16. The number of hydrogen-bond acceptors (Lipinski definition) is 5. The van der Waals surface area contributed by atoms with Crippen molar-refractivity contribution in [2.24, 2.45) is 7.05 Å². The topological polar surface area (TPSA) is 86.9 Å². The molecule has 1 N–H and O–H groups in total. The van der Waals surface area contributed by atoms with Crippen molar-refractivity contribution in [3.05, 3.63) is 35.9 Å². The molecule has 1 saturated heterocycles. The number of ether oxygens (including phenoxy) is 1. The molecule has 1 amide bonds. The molecule has 1 atom stereocenters. The smallest absolute Gasteiger partial charge is 0.257 e. The highest BCUT2D eigenvalue weighted by Crippen LogP contribution is 2.18. The minimum atomic E-state index is -0.214.